The average Bonchev–Trinajstić information content (AvgIpc) is 3.11. The first kappa shape index (κ1) is 16.2. The van der Waals surface area contributed by atoms with Crippen LogP contribution >= 0.6 is 0 Å². The monoisotopic (exact) mass is 337 g/mol. The molecule has 1 aromatic carbocycles. The number of hydrogen-bond donors (Lipinski definition) is 1. The summed E-state index contributed by atoms with van der Waals surface area (Å²) < 4.78 is 6.13. The van der Waals surface area contributed by atoms with Crippen molar-refractivity contribution in [3.8, 4) is 0 Å². The van der Waals surface area contributed by atoms with Gasteiger partial charge in [0, 0.05) is 36.4 Å². The number of morpholine rings is 1. The molecule has 0 amide bonds. The summed E-state index contributed by atoms with van der Waals surface area (Å²) in [4.78, 5) is 16.4. The van der Waals surface area contributed by atoms with Crippen molar-refractivity contribution in [1.29, 1.82) is 0 Å². The van der Waals surface area contributed by atoms with Crippen LogP contribution in [0.1, 0.15) is 23.5 Å². The maximum absolute atomic E-state index is 6.13. The Morgan fingerprint density at radius 1 is 1.28 bits per heavy atom. The molecule has 1 saturated heterocycles. The van der Waals surface area contributed by atoms with Gasteiger partial charge in [0.2, 0.25) is 0 Å². The number of hydrogen-bond acceptors (Lipinski definition) is 5. The van der Waals surface area contributed by atoms with Crippen LogP contribution < -0.4 is 0 Å². The Morgan fingerprint density at radius 2 is 2.20 bits per heavy atom. The molecule has 0 bridgehead atoms. The Morgan fingerprint density at radius 3 is 3.00 bits per heavy atom. The van der Waals surface area contributed by atoms with Crippen molar-refractivity contribution < 1.29 is 4.74 Å². The lowest BCUT2D eigenvalue weighted by atomic mass is 10.0. The van der Waals surface area contributed by atoms with Crippen LogP contribution in [-0.4, -0.2) is 58.5 Å². The number of fused-ring (bicyclic) bond motifs is 1. The van der Waals surface area contributed by atoms with E-state index < -0.39 is 0 Å². The smallest absolute Gasteiger partial charge is 0.115 e. The minimum absolute atomic E-state index is 0.0533. The topological polar surface area (TPSA) is 57.3 Å². The van der Waals surface area contributed by atoms with Gasteiger partial charge in [0.05, 0.1) is 18.4 Å². The zero-order chi connectivity index (χ0) is 17.2. The number of aromatic nitrogens is 3. The first-order valence-corrected chi connectivity index (χ1v) is 8.58. The SMILES string of the molecule is CN(C)C(c1ccncn1)N1CCOC(c2cccc3[nH]ccc23)C1. The van der Waals surface area contributed by atoms with Crippen LogP contribution in [0.2, 0.25) is 0 Å². The van der Waals surface area contributed by atoms with Gasteiger partial charge in [-0.25, -0.2) is 9.97 Å². The van der Waals surface area contributed by atoms with Gasteiger partial charge in [0.1, 0.15) is 12.5 Å². The van der Waals surface area contributed by atoms with Gasteiger partial charge in [-0.2, -0.15) is 0 Å². The largest absolute Gasteiger partial charge is 0.371 e. The number of H-pyrrole nitrogens is 1. The van der Waals surface area contributed by atoms with Gasteiger partial charge in [-0.3, -0.25) is 9.80 Å². The van der Waals surface area contributed by atoms with Gasteiger partial charge < -0.3 is 9.72 Å². The van der Waals surface area contributed by atoms with E-state index in [4.69, 9.17) is 4.74 Å². The molecular weight excluding hydrogens is 314 g/mol. The summed E-state index contributed by atoms with van der Waals surface area (Å²) >= 11 is 0. The second-order valence-corrected chi connectivity index (χ2v) is 6.61. The molecule has 4 rings (SSSR count). The van der Waals surface area contributed by atoms with E-state index in [0.29, 0.717) is 6.61 Å². The van der Waals surface area contributed by atoms with Crippen LogP contribution in [0.25, 0.3) is 10.9 Å². The molecule has 0 saturated carbocycles. The molecule has 1 aliphatic heterocycles. The Labute approximate surface area is 147 Å². The fraction of sp³-hybridized carbons (Fsp3) is 0.368. The number of ether oxygens (including phenoxy) is 1. The van der Waals surface area contributed by atoms with Gasteiger partial charge in [0.25, 0.3) is 0 Å². The van der Waals surface area contributed by atoms with E-state index in [1.165, 1.54) is 10.9 Å². The highest BCUT2D eigenvalue weighted by Crippen LogP contribution is 2.32. The molecule has 6 nitrogen and oxygen atoms in total. The summed E-state index contributed by atoms with van der Waals surface area (Å²) in [5, 5.41) is 1.23. The number of nitrogens with one attached hydrogen (secondary N) is 1. The van der Waals surface area contributed by atoms with E-state index in [0.717, 1.165) is 24.3 Å². The standard InChI is InChI=1S/C19H23N5O/c1-23(2)19(17-7-8-20-13-22-17)24-10-11-25-18(12-24)15-4-3-5-16-14(15)6-9-21-16/h3-9,13,18-19,21H,10-12H2,1-2H3. The summed E-state index contributed by atoms with van der Waals surface area (Å²) in [6, 6.07) is 10.5. The Hall–Kier alpha value is -2.28. The quantitative estimate of drug-likeness (QED) is 0.793. The minimum Gasteiger partial charge on any atom is -0.371 e. The zero-order valence-corrected chi connectivity index (χ0v) is 14.6. The van der Waals surface area contributed by atoms with Crippen molar-refractivity contribution in [3.63, 3.8) is 0 Å². The first-order chi connectivity index (χ1) is 12.2. The van der Waals surface area contributed by atoms with Crippen molar-refractivity contribution in [2.75, 3.05) is 33.8 Å². The third kappa shape index (κ3) is 3.16. The fourth-order valence-corrected chi connectivity index (χ4v) is 3.70. The second-order valence-electron chi connectivity index (χ2n) is 6.61. The highest BCUT2D eigenvalue weighted by molar-refractivity contribution is 5.83. The molecule has 3 heterocycles. The summed E-state index contributed by atoms with van der Waals surface area (Å²) in [7, 11) is 4.17. The molecule has 130 valence electrons. The lowest BCUT2D eigenvalue weighted by molar-refractivity contribution is -0.0697. The van der Waals surface area contributed by atoms with E-state index in [1.54, 1.807) is 12.5 Å². The molecule has 1 fully saturated rings. The molecule has 6 heteroatoms. The highest BCUT2D eigenvalue weighted by Gasteiger charge is 2.31. The van der Waals surface area contributed by atoms with Crippen LogP contribution in [0.4, 0.5) is 0 Å². The Balaban J connectivity index is 1.63. The number of nitrogens with zero attached hydrogens (tertiary/aromatic N) is 4. The van der Waals surface area contributed by atoms with Crippen molar-refractivity contribution in [2.45, 2.75) is 12.3 Å². The van der Waals surface area contributed by atoms with Gasteiger partial charge >= 0.3 is 0 Å². The molecule has 0 spiro atoms. The summed E-state index contributed by atoms with van der Waals surface area (Å²) in [6.45, 7) is 2.42. The first-order valence-electron chi connectivity index (χ1n) is 8.58. The van der Waals surface area contributed by atoms with Crippen LogP contribution in [0.5, 0.6) is 0 Å². The fourth-order valence-electron chi connectivity index (χ4n) is 3.70. The molecule has 0 aliphatic carbocycles. The van der Waals surface area contributed by atoms with Crippen LogP contribution in [0.3, 0.4) is 0 Å². The molecule has 1 aliphatic rings. The molecule has 0 radical (unpaired) electrons. The molecular formula is C19H23N5O. The van der Waals surface area contributed by atoms with Crippen LogP contribution in [-0.2, 0) is 4.74 Å². The van der Waals surface area contributed by atoms with Gasteiger partial charge in [0.15, 0.2) is 0 Å². The lowest BCUT2D eigenvalue weighted by Gasteiger charge is -2.40. The van der Waals surface area contributed by atoms with Crippen LogP contribution in [0.15, 0.2) is 49.1 Å². The van der Waals surface area contributed by atoms with Crippen molar-refractivity contribution >= 4 is 10.9 Å². The lowest BCUT2D eigenvalue weighted by Crippen LogP contribution is -2.45. The minimum atomic E-state index is 0.0533. The van der Waals surface area contributed by atoms with Crippen molar-refractivity contribution in [3.05, 3.63) is 60.3 Å². The molecule has 2 atom stereocenters. The molecule has 2 unspecified atom stereocenters. The van der Waals surface area contributed by atoms with Gasteiger partial charge in [-0.15, -0.1) is 0 Å². The maximum Gasteiger partial charge on any atom is 0.115 e. The molecule has 2 aromatic heterocycles. The number of aromatic amines is 1. The predicted molar refractivity (Wildman–Crippen MR) is 97.0 cm³/mol. The number of benzene rings is 1. The Bertz CT molecular complexity index is 832. The normalized spacial score (nSPS) is 20.2. The van der Waals surface area contributed by atoms with E-state index in [9.17, 15) is 0 Å². The van der Waals surface area contributed by atoms with E-state index in [1.807, 2.05) is 12.3 Å². The predicted octanol–water partition coefficient (Wildman–Crippen LogP) is 2.59. The number of rotatable bonds is 4. The molecule has 25 heavy (non-hydrogen) atoms. The third-order valence-electron chi connectivity index (χ3n) is 4.78. The van der Waals surface area contributed by atoms with E-state index >= 15 is 0 Å². The maximum atomic E-state index is 6.13. The van der Waals surface area contributed by atoms with Crippen LogP contribution in [0, 0.1) is 0 Å². The van der Waals surface area contributed by atoms with Crippen molar-refractivity contribution in [1.82, 2.24) is 24.8 Å². The van der Waals surface area contributed by atoms with Gasteiger partial charge in [-0.05, 0) is 37.9 Å². The van der Waals surface area contributed by atoms with Crippen molar-refractivity contribution in [2.24, 2.45) is 0 Å². The zero-order valence-electron chi connectivity index (χ0n) is 14.6. The summed E-state index contributed by atoms with van der Waals surface area (Å²) in [5.74, 6) is 0. The summed E-state index contributed by atoms with van der Waals surface area (Å²) in [5.41, 5.74) is 3.40. The second kappa shape index (κ2) is 6.92. The molecule has 3 aromatic rings. The third-order valence-corrected chi connectivity index (χ3v) is 4.78. The highest BCUT2D eigenvalue weighted by atomic mass is 16.5. The molecule has 1 N–H and O–H groups in total. The average molecular weight is 337 g/mol. The van der Waals surface area contributed by atoms with Gasteiger partial charge in [-0.1, -0.05) is 12.1 Å². The summed E-state index contributed by atoms with van der Waals surface area (Å²) in [6.07, 6.45) is 5.57. The Kier molecular flexibility index (Phi) is 4.48. The van der Waals surface area contributed by atoms with E-state index in [-0.39, 0.29) is 12.3 Å². The van der Waals surface area contributed by atoms with E-state index in [2.05, 4.69) is 63.1 Å².